The zero-order valence-electron chi connectivity index (χ0n) is 18.2. The lowest BCUT2D eigenvalue weighted by atomic mass is 10.2. The summed E-state index contributed by atoms with van der Waals surface area (Å²) in [6.07, 6.45) is 2.44. The predicted octanol–water partition coefficient (Wildman–Crippen LogP) is 5.42. The van der Waals surface area contributed by atoms with Gasteiger partial charge in [-0.25, -0.2) is 14.4 Å². The molecule has 174 valence electrons. The smallest absolute Gasteiger partial charge is 0.224 e. The maximum atomic E-state index is 13.4. The van der Waals surface area contributed by atoms with Crippen molar-refractivity contribution in [2.24, 2.45) is 5.73 Å². The van der Waals surface area contributed by atoms with Crippen LogP contribution in [0.4, 0.5) is 21.6 Å². The largest absolute Gasteiger partial charge is 0.487 e. The van der Waals surface area contributed by atoms with Crippen molar-refractivity contribution in [2.45, 2.75) is 19.4 Å². The van der Waals surface area contributed by atoms with Crippen molar-refractivity contribution in [3.8, 4) is 5.75 Å². The number of anilines is 3. The van der Waals surface area contributed by atoms with Crippen LogP contribution in [0.15, 0.2) is 67.0 Å². The summed E-state index contributed by atoms with van der Waals surface area (Å²) >= 11 is 6.41. The van der Waals surface area contributed by atoms with E-state index in [-0.39, 0.29) is 18.3 Å². The maximum Gasteiger partial charge on any atom is 0.224 e. The predicted molar refractivity (Wildman–Crippen MR) is 132 cm³/mol. The van der Waals surface area contributed by atoms with E-state index < -0.39 is 0 Å². The third-order valence-electron chi connectivity index (χ3n) is 5.01. The van der Waals surface area contributed by atoms with Crippen LogP contribution in [-0.4, -0.2) is 22.4 Å². The first-order valence-corrected chi connectivity index (χ1v) is 11.1. The number of fused-ring (bicyclic) bond motifs is 1. The average Bonchev–Trinajstić information content (AvgIpc) is 2.83. The minimum atomic E-state index is -0.317. The molecular formula is C25H23ClFN5O2. The van der Waals surface area contributed by atoms with E-state index in [4.69, 9.17) is 22.1 Å². The standard InChI is InChI=1S/C25H23ClFN5O2/c26-21-13-19(7-9-23(21)34-14-16-3-1-4-17(27)11-16)32-25-20-12-18(31-24(33)5-2-10-28)6-8-22(20)29-15-30-25/h1,3-4,6-9,11-13,15H,2,5,10,14,28H2,(H,31,33)(H,29,30,32). The second-order valence-electron chi connectivity index (χ2n) is 7.58. The first-order chi connectivity index (χ1) is 16.5. The molecule has 0 aliphatic heterocycles. The van der Waals surface area contributed by atoms with Crippen LogP contribution < -0.4 is 21.1 Å². The monoisotopic (exact) mass is 479 g/mol. The number of nitrogens with zero attached hydrogens (tertiary/aromatic N) is 2. The number of halogens is 2. The Kier molecular flexibility index (Phi) is 7.51. The molecule has 3 aromatic carbocycles. The topological polar surface area (TPSA) is 102 Å². The average molecular weight is 480 g/mol. The Bertz CT molecular complexity index is 1320. The number of benzene rings is 3. The highest BCUT2D eigenvalue weighted by Gasteiger charge is 2.10. The summed E-state index contributed by atoms with van der Waals surface area (Å²) in [4.78, 5) is 20.7. The van der Waals surface area contributed by atoms with E-state index >= 15 is 0 Å². The third-order valence-corrected chi connectivity index (χ3v) is 5.30. The molecule has 0 fully saturated rings. The molecule has 1 amide bonds. The fraction of sp³-hybridized carbons (Fsp3) is 0.160. The van der Waals surface area contributed by atoms with E-state index in [1.54, 1.807) is 36.4 Å². The van der Waals surface area contributed by atoms with Crippen LogP contribution in [0.2, 0.25) is 5.02 Å². The van der Waals surface area contributed by atoms with Gasteiger partial charge in [0.15, 0.2) is 0 Å². The lowest BCUT2D eigenvalue weighted by molar-refractivity contribution is -0.116. The Hall–Kier alpha value is -3.75. The minimum Gasteiger partial charge on any atom is -0.487 e. The number of rotatable bonds is 9. The lowest BCUT2D eigenvalue weighted by Gasteiger charge is -2.13. The summed E-state index contributed by atoms with van der Waals surface area (Å²) in [6.45, 7) is 0.658. The number of carbonyl (C=O) groups is 1. The fourth-order valence-electron chi connectivity index (χ4n) is 3.34. The van der Waals surface area contributed by atoms with Crippen molar-refractivity contribution in [2.75, 3.05) is 17.2 Å². The molecule has 0 radical (unpaired) electrons. The summed E-state index contributed by atoms with van der Waals surface area (Å²) in [7, 11) is 0. The Morgan fingerprint density at radius 3 is 2.71 bits per heavy atom. The first-order valence-electron chi connectivity index (χ1n) is 10.7. The molecule has 0 unspecified atom stereocenters. The lowest BCUT2D eigenvalue weighted by Crippen LogP contribution is -2.13. The number of ether oxygens (including phenoxy) is 1. The third kappa shape index (κ3) is 5.98. The van der Waals surface area contributed by atoms with Gasteiger partial charge in [-0.15, -0.1) is 0 Å². The number of nitrogens with two attached hydrogens (primary N) is 1. The molecule has 34 heavy (non-hydrogen) atoms. The van der Waals surface area contributed by atoms with Gasteiger partial charge in [0.25, 0.3) is 0 Å². The van der Waals surface area contributed by atoms with Gasteiger partial charge in [-0.3, -0.25) is 4.79 Å². The minimum absolute atomic E-state index is 0.100. The van der Waals surface area contributed by atoms with Crippen LogP contribution in [-0.2, 0) is 11.4 Å². The van der Waals surface area contributed by atoms with Crippen molar-refractivity contribution in [1.82, 2.24) is 9.97 Å². The highest BCUT2D eigenvalue weighted by atomic mass is 35.5. The van der Waals surface area contributed by atoms with E-state index in [0.29, 0.717) is 52.9 Å². The van der Waals surface area contributed by atoms with Crippen molar-refractivity contribution in [3.05, 3.63) is 83.4 Å². The summed E-state index contributed by atoms with van der Waals surface area (Å²) in [5.74, 6) is 0.623. The van der Waals surface area contributed by atoms with Gasteiger partial charge in [-0.1, -0.05) is 23.7 Å². The molecule has 4 N–H and O–H groups in total. The van der Waals surface area contributed by atoms with Crippen molar-refractivity contribution in [3.63, 3.8) is 0 Å². The molecule has 7 nitrogen and oxygen atoms in total. The van der Waals surface area contributed by atoms with Crippen molar-refractivity contribution >= 4 is 45.6 Å². The Morgan fingerprint density at radius 2 is 1.91 bits per heavy atom. The van der Waals surface area contributed by atoms with E-state index in [0.717, 1.165) is 10.9 Å². The first kappa shape index (κ1) is 23.4. The van der Waals surface area contributed by atoms with Crippen LogP contribution in [0.3, 0.4) is 0 Å². The molecule has 0 bridgehead atoms. The van der Waals surface area contributed by atoms with Gasteiger partial charge in [-0.05, 0) is 67.1 Å². The number of hydrogen-bond donors (Lipinski definition) is 3. The molecule has 0 aliphatic carbocycles. The van der Waals surface area contributed by atoms with Gasteiger partial charge in [0.2, 0.25) is 5.91 Å². The molecule has 0 saturated heterocycles. The van der Waals surface area contributed by atoms with Gasteiger partial charge in [0, 0.05) is 23.2 Å². The van der Waals surface area contributed by atoms with E-state index in [1.807, 2.05) is 12.1 Å². The molecule has 4 rings (SSSR count). The maximum absolute atomic E-state index is 13.4. The molecule has 0 atom stereocenters. The summed E-state index contributed by atoms with van der Waals surface area (Å²) in [5.41, 5.74) is 8.24. The van der Waals surface area contributed by atoms with Crippen LogP contribution >= 0.6 is 11.6 Å². The number of nitrogens with one attached hydrogen (secondary N) is 2. The highest BCUT2D eigenvalue weighted by molar-refractivity contribution is 6.32. The zero-order chi connectivity index (χ0) is 23.9. The second kappa shape index (κ2) is 10.9. The highest BCUT2D eigenvalue weighted by Crippen LogP contribution is 2.31. The van der Waals surface area contributed by atoms with Gasteiger partial charge < -0.3 is 21.1 Å². The molecule has 0 spiro atoms. The summed E-state index contributed by atoms with van der Waals surface area (Å²) in [6, 6.07) is 16.9. The second-order valence-corrected chi connectivity index (χ2v) is 7.99. The summed E-state index contributed by atoms with van der Waals surface area (Å²) in [5, 5.41) is 7.24. The van der Waals surface area contributed by atoms with Gasteiger partial charge in [-0.2, -0.15) is 0 Å². The molecule has 1 heterocycles. The van der Waals surface area contributed by atoms with Gasteiger partial charge in [0.1, 0.15) is 30.3 Å². The Labute approximate surface area is 201 Å². The number of hydrogen-bond acceptors (Lipinski definition) is 6. The Balaban J connectivity index is 1.49. The molecule has 1 aromatic heterocycles. The van der Waals surface area contributed by atoms with Crippen LogP contribution in [0.1, 0.15) is 18.4 Å². The van der Waals surface area contributed by atoms with Crippen molar-refractivity contribution in [1.29, 1.82) is 0 Å². The molecule has 0 aliphatic rings. The SMILES string of the molecule is NCCCC(=O)Nc1ccc2ncnc(Nc3ccc(OCc4cccc(F)c4)c(Cl)c3)c2c1. The number of amides is 1. The van der Waals surface area contributed by atoms with Crippen LogP contribution in [0, 0.1) is 5.82 Å². The van der Waals surface area contributed by atoms with E-state index in [9.17, 15) is 9.18 Å². The Morgan fingerprint density at radius 1 is 1.06 bits per heavy atom. The van der Waals surface area contributed by atoms with E-state index in [2.05, 4.69) is 20.6 Å². The normalized spacial score (nSPS) is 10.8. The fourth-order valence-corrected chi connectivity index (χ4v) is 3.58. The summed E-state index contributed by atoms with van der Waals surface area (Å²) < 4.78 is 19.1. The number of carbonyl (C=O) groups excluding carboxylic acids is 1. The molecular weight excluding hydrogens is 457 g/mol. The molecule has 0 saturated carbocycles. The number of aromatic nitrogens is 2. The molecule has 4 aromatic rings. The van der Waals surface area contributed by atoms with Crippen LogP contribution in [0.25, 0.3) is 10.9 Å². The van der Waals surface area contributed by atoms with E-state index in [1.165, 1.54) is 18.5 Å². The van der Waals surface area contributed by atoms with Gasteiger partial charge in [0.05, 0.1) is 10.5 Å². The zero-order valence-corrected chi connectivity index (χ0v) is 19.0. The van der Waals surface area contributed by atoms with Crippen LogP contribution in [0.5, 0.6) is 5.75 Å². The quantitative estimate of drug-likeness (QED) is 0.296. The molecule has 9 heteroatoms. The van der Waals surface area contributed by atoms with Gasteiger partial charge >= 0.3 is 0 Å². The van der Waals surface area contributed by atoms with Crippen molar-refractivity contribution < 1.29 is 13.9 Å².